The number of halogens is 3. The molecule has 0 saturated heterocycles. The highest BCUT2D eigenvalue weighted by Crippen LogP contribution is 2.37. The fourth-order valence-electron chi connectivity index (χ4n) is 4.69. The number of nitrogens with zero attached hydrogens (tertiary/aromatic N) is 3. The van der Waals surface area contributed by atoms with Crippen molar-refractivity contribution >= 4 is 62.9 Å². The summed E-state index contributed by atoms with van der Waals surface area (Å²) in [5.74, 6) is 1.98. The number of hydrogen-bond donors (Lipinski definition) is 0. The Morgan fingerprint density at radius 1 is 0.886 bits per heavy atom. The monoisotopic (exact) mass is 647 g/mol. The van der Waals surface area contributed by atoms with Gasteiger partial charge in [0.1, 0.15) is 17.9 Å². The summed E-state index contributed by atoms with van der Waals surface area (Å²) in [6.07, 6.45) is 1.50. The van der Waals surface area contributed by atoms with E-state index in [0.29, 0.717) is 66.7 Å². The quantitative estimate of drug-likeness (QED) is 0.146. The molecule has 0 aliphatic carbocycles. The van der Waals surface area contributed by atoms with Crippen LogP contribution in [0.2, 0.25) is 15.1 Å². The number of furan rings is 1. The Hall–Kier alpha value is -4.50. The van der Waals surface area contributed by atoms with Gasteiger partial charge < -0.3 is 18.6 Å². The molecule has 0 aliphatic heterocycles. The molecule has 0 atom stereocenters. The van der Waals surface area contributed by atoms with Crippen LogP contribution in [0.15, 0.2) is 93.2 Å². The molecule has 0 amide bonds. The molecule has 0 saturated carbocycles. The summed E-state index contributed by atoms with van der Waals surface area (Å²) in [5.41, 5.74) is 2.10. The van der Waals surface area contributed by atoms with Gasteiger partial charge in [-0.05, 0) is 72.6 Å². The first-order chi connectivity index (χ1) is 21.4. The van der Waals surface area contributed by atoms with Crippen LogP contribution in [0.3, 0.4) is 0 Å². The Bertz CT molecular complexity index is 2110. The Morgan fingerprint density at radius 3 is 2.52 bits per heavy atom. The SMILES string of the molecule is CCOc1cc(C=Nn2c(-c3cc4c(OC)cccc4o3)nc3ccccc3c2=O)cc(Cl)c1OCc1ccc(Cl)c(Cl)c1. The number of methoxy groups -OCH3 is 1. The summed E-state index contributed by atoms with van der Waals surface area (Å²) < 4.78 is 24.7. The van der Waals surface area contributed by atoms with E-state index in [1.54, 1.807) is 55.6 Å². The molecule has 6 aromatic rings. The van der Waals surface area contributed by atoms with E-state index in [9.17, 15) is 4.79 Å². The molecule has 6 rings (SSSR count). The van der Waals surface area contributed by atoms with E-state index in [2.05, 4.69) is 5.10 Å². The van der Waals surface area contributed by atoms with E-state index in [1.807, 2.05) is 37.3 Å². The zero-order valence-corrected chi connectivity index (χ0v) is 25.8. The molecule has 0 aliphatic rings. The average Bonchev–Trinajstić information content (AvgIpc) is 3.46. The third-order valence-electron chi connectivity index (χ3n) is 6.74. The van der Waals surface area contributed by atoms with Gasteiger partial charge in [0.05, 0.1) is 51.3 Å². The third kappa shape index (κ3) is 5.84. The van der Waals surface area contributed by atoms with Gasteiger partial charge in [0.25, 0.3) is 5.56 Å². The number of rotatable bonds is 9. The Kier molecular flexibility index (Phi) is 8.48. The van der Waals surface area contributed by atoms with Crippen LogP contribution in [0.5, 0.6) is 17.2 Å². The first-order valence-corrected chi connectivity index (χ1v) is 14.7. The lowest BCUT2D eigenvalue weighted by molar-refractivity contribution is 0.269. The van der Waals surface area contributed by atoms with E-state index >= 15 is 0 Å². The zero-order valence-electron chi connectivity index (χ0n) is 23.5. The second-order valence-electron chi connectivity index (χ2n) is 9.60. The van der Waals surface area contributed by atoms with Crippen molar-refractivity contribution in [3.63, 3.8) is 0 Å². The smallest absolute Gasteiger partial charge is 0.282 e. The van der Waals surface area contributed by atoms with Crippen molar-refractivity contribution < 1.29 is 18.6 Å². The number of ether oxygens (including phenoxy) is 3. The Labute approximate surface area is 267 Å². The first-order valence-electron chi connectivity index (χ1n) is 13.5. The van der Waals surface area contributed by atoms with Crippen LogP contribution in [0.1, 0.15) is 18.1 Å². The summed E-state index contributed by atoms with van der Waals surface area (Å²) in [6.45, 7) is 2.41. The molecule has 0 bridgehead atoms. The predicted octanol–water partition coefficient (Wildman–Crippen LogP) is 8.64. The van der Waals surface area contributed by atoms with Crippen LogP contribution in [0, 0.1) is 0 Å². The molecular formula is C33H24Cl3N3O5. The van der Waals surface area contributed by atoms with Crippen LogP contribution in [-0.4, -0.2) is 29.6 Å². The van der Waals surface area contributed by atoms with Crippen molar-refractivity contribution in [2.24, 2.45) is 5.10 Å². The van der Waals surface area contributed by atoms with Gasteiger partial charge in [0.2, 0.25) is 5.82 Å². The summed E-state index contributed by atoms with van der Waals surface area (Å²) in [7, 11) is 1.58. The highest BCUT2D eigenvalue weighted by molar-refractivity contribution is 6.42. The van der Waals surface area contributed by atoms with Gasteiger partial charge in [-0.25, -0.2) is 4.98 Å². The molecule has 0 unspecified atom stereocenters. The molecular weight excluding hydrogens is 625 g/mol. The van der Waals surface area contributed by atoms with E-state index in [1.165, 1.54) is 10.9 Å². The van der Waals surface area contributed by atoms with Gasteiger partial charge >= 0.3 is 0 Å². The highest BCUT2D eigenvalue weighted by atomic mass is 35.5. The van der Waals surface area contributed by atoms with Crippen LogP contribution in [0.25, 0.3) is 33.5 Å². The minimum Gasteiger partial charge on any atom is -0.496 e. The highest BCUT2D eigenvalue weighted by Gasteiger charge is 2.18. The lowest BCUT2D eigenvalue weighted by atomic mass is 10.2. The lowest BCUT2D eigenvalue weighted by Gasteiger charge is -2.15. The van der Waals surface area contributed by atoms with Gasteiger partial charge in [-0.15, -0.1) is 0 Å². The van der Waals surface area contributed by atoms with Crippen molar-refractivity contribution in [2.45, 2.75) is 13.5 Å². The van der Waals surface area contributed by atoms with Gasteiger partial charge in [-0.2, -0.15) is 9.78 Å². The molecule has 0 spiro atoms. The van der Waals surface area contributed by atoms with Crippen molar-refractivity contribution in [3.8, 4) is 28.8 Å². The van der Waals surface area contributed by atoms with Crippen LogP contribution < -0.4 is 19.8 Å². The van der Waals surface area contributed by atoms with E-state index < -0.39 is 0 Å². The van der Waals surface area contributed by atoms with Crippen LogP contribution in [0.4, 0.5) is 0 Å². The number of aromatic nitrogens is 2. The standard InChI is InChI=1S/C33H24Cl3N3O5/c1-3-42-29-15-20(14-25(36)31(29)43-18-19-11-12-23(34)24(35)13-19)17-37-39-32(38-26-8-5-4-7-21(26)33(39)40)30-16-22-27(41-2)9-6-10-28(22)44-30/h4-17H,3,18H2,1-2H3. The molecule has 8 nitrogen and oxygen atoms in total. The van der Waals surface area contributed by atoms with Gasteiger partial charge in [0, 0.05) is 0 Å². The minimum absolute atomic E-state index is 0.188. The van der Waals surface area contributed by atoms with Crippen LogP contribution in [-0.2, 0) is 6.61 Å². The van der Waals surface area contributed by atoms with Gasteiger partial charge in [0.15, 0.2) is 17.3 Å². The number of benzene rings is 4. The second kappa shape index (κ2) is 12.6. The molecule has 4 aromatic carbocycles. The lowest BCUT2D eigenvalue weighted by Crippen LogP contribution is -2.20. The van der Waals surface area contributed by atoms with E-state index in [4.69, 9.17) is 58.4 Å². The van der Waals surface area contributed by atoms with E-state index in [0.717, 1.165) is 10.9 Å². The maximum Gasteiger partial charge on any atom is 0.282 e. The average molecular weight is 649 g/mol. The van der Waals surface area contributed by atoms with Crippen molar-refractivity contribution in [2.75, 3.05) is 13.7 Å². The molecule has 0 radical (unpaired) electrons. The third-order valence-corrected chi connectivity index (χ3v) is 7.76. The van der Waals surface area contributed by atoms with Crippen molar-refractivity contribution in [1.82, 2.24) is 9.66 Å². The summed E-state index contributed by atoms with van der Waals surface area (Å²) in [5, 5.41) is 6.87. The summed E-state index contributed by atoms with van der Waals surface area (Å²) in [6, 6.07) is 22.9. The van der Waals surface area contributed by atoms with Crippen molar-refractivity contribution in [3.05, 3.63) is 115 Å². The van der Waals surface area contributed by atoms with Gasteiger partial charge in [-0.3, -0.25) is 4.79 Å². The largest absolute Gasteiger partial charge is 0.496 e. The summed E-state index contributed by atoms with van der Waals surface area (Å²) >= 11 is 18.8. The maximum absolute atomic E-state index is 13.7. The number of hydrogen-bond acceptors (Lipinski definition) is 7. The first kappa shape index (κ1) is 29.6. The second-order valence-corrected chi connectivity index (χ2v) is 10.8. The van der Waals surface area contributed by atoms with Gasteiger partial charge in [-0.1, -0.05) is 59.1 Å². The molecule has 0 fully saturated rings. The zero-order chi connectivity index (χ0) is 30.8. The molecule has 2 heterocycles. The topological polar surface area (TPSA) is 88.1 Å². The van der Waals surface area contributed by atoms with E-state index in [-0.39, 0.29) is 18.0 Å². The summed E-state index contributed by atoms with van der Waals surface area (Å²) in [4.78, 5) is 18.4. The molecule has 0 N–H and O–H groups in total. The Morgan fingerprint density at radius 2 is 1.73 bits per heavy atom. The molecule has 11 heteroatoms. The predicted molar refractivity (Wildman–Crippen MR) is 174 cm³/mol. The normalized spacial score (nSPS) is 11.5. The fraction of sp³-hybridized carbons (Fsp3) is 0.121. The number of para-hydroxylation sites is 1. The van der Waals surface area contributed by atoms with Crippen molar-refractivity contribution in [1.29, 1.82) is 0 Å². The molecule has 222 valence electrons. The minimum atomic E-state index is -0.369. The molecule has 44 heavy (non-hydrogen) atoms. The molecule has 2 aromatic heterocycles. The Balaban J connectivity index is 1.40. The van der Waals surface area contributed by atoms with Crippen LogP contribution >= 0.6 is 34.8 Å². The fourth-order valence-corrected chi connectivity index (χ4v) is 5.28. The number of fused-ring (bicyclic) bond motifs is 2. The maximum atomic E-state index is 13.7.